The van der Waals surface area contributed by atoms with Crippen LogP contribution in [0.4, 0.5) is 5.69 Å². The molecule has 2 aromatic heterocycles. The Kier molecular flexibility index (Phi) is 4.32. The van der Waals surface area contributed by atoms with Crippen molar-refractivity contribution in [2.24, 2.45) is 0 Å². The summed E-state index contributed by atoms with van der Waals surface area (Å²) in [5.41, 5.74) is 8.30. The van der Waals surface area contributed by atoms with Gasteiger partial charge in [0.15, 0.2) is 12.2 Å². The van der Waals surface area contributed by atoms with E-state index in [1.165, 1.54) is 6.39 Å². The van der Waals surface area contributed by atoms with E-state index in [1.807, 2.05) is 22.9 Å². The number of benzene rings is 1. The van der Waals surface area contributed by atoms with E-state index in [2.05, 4.69) is 28.8 Å². The van der Waals surface area contributed by atoms with Gasteiger partial charge in [-0.2, -0.15) is 5.10 Å². The van der Waals surface area contributed by atoms with Crippen LogP contribution in [0.25, 0.3) is 22.4 Å². The van der Waals surface area contributed by atoms with E-state index in [0.717, 1.165) is 29.0 Å². The van der Waals surface area contributed by atoms with Crippen molar-refractivity contribution in [1.82, 2.24) is 14.8 Å². The molecule has 0 radical (unpaired) electrons. The molecule has 0 spiro atoms. The van der Waals surface area contributed by atoms with E-state index in [9.17, 15) is 0 Å². The Labute approximate surface area is 136 Å². The highest BCUT2D eigenvalue weighted by molar-refractivity contribution is 8.32. The van der Waals surface area contributed by atoms with Crippen molar-refractivity contribution in [2.45, 2.75) is 6.73 Å². The number of rotatable bonds is 6. The summed E-state index contributed by atoms with van der Waals surface area (Å²) < 4.78 is 13.0. The third kappa shape index (κ3) is 3.68. The van der Waals surface area contributed by atoms with Crippen LogP contribution in [0.3, 0.4) is 0 Å². The maximum atomic E-state index is 5.91. The van der Waals surface area contributed by atoms with Gasteiger partial charge in [0.25, 0.3) is 0 Å². The average Bonchev–Trinajstić information content (AvgIpc) is 3.09. The SMILES string of the molecule is CS(C)(C)CCOCn1nc(-c2cnco2)c2cc(N)ccc21. The third-order valence-electron chi connectivity index (χ3n) is 3.49. The average molecular weight is 334 g/mol. The van der Waals surface area contributed by atoms with Gasteiger partial charge in [0.1, 0.15) is 12.4 Å². The van der Waals surface area contributed by atoms with Gasteiger partial charge in [-0.05, 0) is 37.0 Å². The topological polar surface area (TPSA) is 79.1 Å². The lowest BCUT2D eigenvalue weighted by Gasteiger charge is -2.24. The summed E-state index contributed by atoms with van der Waals surface area (Å²) in [6.07, 6.45) is 9.90. The molecule has 2 heterocycles. The maximum absolute atomic E-state index is 5.91. The number of aromatic nitrogens is 3. The zero-order valence-corrected chi connectivity index (χ0v) is 14.5. The normalized spacial score (nSPS) is 12.8. The highest BCUT2D eigenvalue weighted by Crippen LogP contribution is 2.33. The first-order valence-electron chi connectivity index (χ1n) is 7.33. The number of nitrogens with two attached hydrogens (primary N) is 1. The van der Waals surface area contributed by atoms with Crippen LogP contribution < -0.4 is 5.73 Å². The quantitative estimate of drug-likeness (QED) is 0.554. The molecule has 3 aromatic rings. The van der Waals surface area contributed by atoms with Crippen LogP contribution in [0.1, 0.15) is 0 Å². The zero-order chi connectivity index (χ0) is 16.4. The molecule has 0 aliphatic heterocycles. The van der Waals surface area contributed by atoms with Crippen LogP contribution in [-0.4, -0.2) is 45.9 Å². The molecule has 0 saturated carbocycles. The minimum Gasteiger partial charge on any atom is -0.442 e. The van der Waals surface area contributed by atoms with Crippen LogP contribution in [0.2, 0.25) is 0 Å². The van der Waals surface area contributed by atoms with Gasteiger partial charge in [-0.25, -0.2) is 19.7 Å². The minimum absolute atomic E-state index is 0.407. The molecule has 0 amide bonds. The first-order chi connectivity index (χ1) is 10.9. The van der Waals surface area contributed by atoms with Gasteiger partial charge >= 0.3 is 0 Å². The molecule has 2 N–H and O–H groups in total. The Balaban J connectivity index is 1.86. The summed E-state index contributed by atoms with van der Waals surface area (Å²) >= 11 is 0. The number of anilines is 1. The Morgan fingerprint density at radius 1 is 1.30 bits per heavy atom. The molecule has 0 fully saturated rings. The van der Waals surface area contributed by atoms with Crippen LogP contribution in [0, 0.1) is 0 Å². The molecule has 0 atom stereocenters. The Bertz CT molecular complexity index is 790. The molecule has 0 aliphatic carbocycles. The van der Waals surface area contributed by atoms with Crippen LogP contribution >= 0.6 is 10.0 Å². The Morgan fingerprint density at radius 3 is 2.83 bits per heavy atom. The first-order valence-corrected chi connectivity index (χ1v) is 10.4. The molecule has 0 aliphatic rings. The second-order valence-corrected chi connectivity index (χ2v) is 10.9. The highest BCUT2D eigenvalue weighted by Gasteiger charge is 2.15. The van der Waals surface area contributed by atoms with Crippen molar-refractivity contribution in [1.29, 1.82) is 0 Å². The number of fused-ring (bicyclic) bond motifs is 1. The summed E-state index contributed by atoms with van der Waals surface area (Å²) in [7, 11) is -0.551. The number of ether oxygens (including phenoxy) is 1. The van der Waals surface area contributed by atoms with Crippen molar-refractivity contribution in [3.8, 4) is 11.5 Å². The summed E-state index contributed by atoms with van der Waals surface area (Å²) in [6, 6.07) is 5.72. The van der Waals surface area contributed by atoms with E-state index >= 15 is 0 Å². The second-order valence-electron chi connectivity index (χ2n) is 6.32. The fraction of sp³-hybridized carbons (Fsp3) is 0.375. The van der Waals surface area contributed by atoms with Gasteiger partial charge in [-0.1, -0.05) is 0 Å². The summed E-state index contributed by atoms with van der Waals surface area (Å²) in [5.74, 6) is 1.70. The van der Waals surface area contributed by atoms with Gasteiger partial charge in [-0.3, -0.25) is 0 Å². The molecule has 0 bridgehead atoms. The van der Waals surface area contributed by atoms with Crippen molar-refractivity contribution in [2.75, 3.05) is 36.9 Å². The summed E-state index contributed by atoms with van der Waals surface area (Å²) in [6.45, 7) is 1.14. The largest absolute Gasteiger partial charge is 0.442 e. The highest BCUT2D eigenvalue weighted by atomic mass is 32.3. The monoisotopic (exact) mass is 334 g/mol. The molecular weight excluding hydrogens is 312 g/mol. The van der Waals surface area contributed by atoms with Gasteiger partial charge in [0.2, 0.25) is 0 Å². The molecule has 3 rings (SSSR count). The van der Waals surface area contributed by atoms with E-state index in [-0.39, 0.29) is 0 Å². The molecule has 1 aromatic carbocycles. The Hall–Kier alpha value is -1.99. The molecule has 6 nitrogen and oxygen atoms in total. The van der Waals surface area contributed by atoms with Gasteiger partial charge in [-0.15, -0.1) is 0 Å². The smallest absolute Gasteiger partial charge is 0.181 e. The fourth-order valence-corrected chi connectivity index (χ4v) is 2.89. The summed E-state index contributed by atoms with van der Waals surface area (Å²) in [5, 5.41) is 5.55. The lowest BCUT2D eigenvalue weighted by Crippen LogP contribution is -2.10. The lowest BCUT2D eigenvalue weighted by molar-refractivity contribution is 0.0842. The van der Waals surface area contributed by atoms with Crippen LogP contribution in [-0.2, 0) is 11.5 Å². The van der Waals surface area contributed by atoms with Crippen molar-refractivity contribution in [3.05, 3.63) is 30.8 Å². The zero-order valence-electron chi connectivity index (χ0n) is 13.7. The standard InChI is InChI=1S/C16H22N4O2S/c1-23(2,3)7-6-21-11-20-14-5-4-12(17)8-13(14)16(19-20)15-9-18-10-22-15/h4-5,8-10H,6-7,11,17H2,1-3H3. The second kappa shape index (κ2) is 6.25. The van der Waals surface area contributed by atoms with Crippen LogP contribution in [0.15, 0.2) is 35.2 Å². The molecule has 0 unspecified atom stereocenters. The van der Waals surface area contributed by atoms with E-state index in [4.69, 9.17) is 14.9 Å². The van der Waals surface area contributed by atoms with Gasteiger partial charge in [0.05, 0.1) is 18.3 Å². The molecule has 124 valence electrons. The molecule has 7 heteroatoms. The number of nitrogens with zero attached hydrogens (tertiary/aromatic N) is 3. The minimum atomic E-state index is -0.551. The lowest BCUT2D eigenvalue weighted by atomic mass is 10.1. The molecule has 0 saturated heterocycles. The fourth-order valence-electron chi connectivity index (χ4n) is 2.27. The molecule has 23 heavy (non-hydrogen) atoms. The number of hydrogen-bond acceptors (Lipinski definition) is 5. The van der Waals surface area contributed by atoms with Crippen LogP contribution in [0.5, 0.6) is 0 Å². The first kappa shape index (κ1) is 15.9. The van der Waals surface area contributed by atoms with Gasteiger partial charge < -0.3 is 14.9 Å². The Morgan fingerprint density at radius 2 is 2.13 bits per heavy atom. The van der Waals surface area contributed by atoms with E-state index in [0.29, 0.717) is 18.2 Å². The van der Waals surface area contributed by atoms with Crippen molar-refractivity contribution in [3.63, 3.8) is 0 Å². The molecular formula is C16H22N4O2S. The third-order valence-corrected chi connectivity index (χ3v) is 4.89. The maximum Gasteiger partial charge on any atom is 0.181 e. The number of hydrogen-bond donors (Lipinski definition) is 1. The summed E-state index contributed by atoms with van der Waals surface area (Å²) in [4.78, 5) is 3.96. The van der Waals surface area contributed by atoms with E-state index < -0.39 is 10.0 Å². The van der Waals surface area contributed by atoms with E-state index in [1.54, 1.807) is 6.20 Å². The van der Waals surface area contributed by atoms with Gasteiger partial charge in [0, 0.05) is 16.8 Å². The number of nitrogen functional groups attached to an aromatic ring is 1. The predicted octanol–water partition coefficient (Wildman–Crippen LogP) is 2.94. The predicted molar refractivity (Wildman–Crippen MR) is 95.8 cm³/mol. The van der Waals surface area contributed by atoms with Crippen molar-refractivity contribution < 1.29 is 9.15 Å². The van der Waals surface area contributed by atoms with Crippen molar-refractivity contribution >= 4 is 26.6 Å². The number of oxazole rings is 1.